The number of amides is 2. The van der Waals surface area contributed by atoms with Gasteiger partial charge in [0, 0.05) is 11.3 Å². The number of nitrogen functional groups attached to an aromatic ring is 1. The van der Waals surface area contributed by atoms with Gasteiger partial charge in [-0.05, 0) is 49.6 Å². The standard InChI is InChI=1S/C15H16N4O4S/c1-7-11(13(17)24-19-7)15(22)23-8(2)14(21)18-10-5-3-9(4-6-10)12(16)20/h3-6,8H,17H2,1-2H3,(H2,16,20)(H,18,21)/t8-/m1/s1. The molecule has 0 aliphatic rings. The molecular formula is C15H16N4O4S. The summed E-state index contributed by atoms with van der Waals surface area (Å²) in [5.41, 5.74) is 12.2. The Labute approximate surface area is 142 Å². The number of aromatic nitrogens is 1. The predicted octanol–water partition coefficient (Wildman–Crippen LogP) is 1.32. The van der Waals surface area contributed by atoms with Crippen LogP contribution in [0.5, 0.6) is 0 Å². The minimum atomic E-state index is -1.04. The van der Waals surface area contributed by atoms with Gasteiger partial charge in [-0.3, -0.25) is 9.59 Å². The lowest BCUT2D eigenvalue weighted by Crippen LogP contribution is -2.30. The molecule has 9 heteroatoms. The summed E-state index contributed by atoms with van der Waals surface area (Å²) in [4.78, 5) is 35.1. The molecule has 0 saturated carbocycles. The molecule has 8 nitrogen and oxygen atoms in total. The lowest BCUT2D eigenvalue weighted by atomic mass is 10.2. The van der Waals surface area contributed by atoms with Gasteiger partial charge in [-0.1, -0.05) is 0 Å². The summed E-state index contributed by atoms with van der Waals surface area (Å²) >= 11 is 0.990. The van der Waals surface area contributed by atoms with Gasteiger partial charge < -0.3 is 21.5 Å². The monoisotopic (exact) mass is 348 g/mol. The second kappa shape index (κ2) is 7.09. The topological polar surface area (TPSA) is 137 Å². The number of primary amides is 1. The highest BCUT2D eigenvalue weighted by Gasteiger charge is 2.23. The molecule has 0 aliphatic heterocycles. The van der Waals surface area contributed by atoms with Crippen LogP contribution in [-0.2, 0) is 9.53 Å². The third kappa shape index (κ3) is 3.87. The van der Waals surface area contributed by atoms with E-state index in [0.717, 1.165) is 11.5 Å². The summed E-state index contributed by atoms with van der Waals surface area (Å²) in [7, 11) is 0. The Morgan fingerprint density at radius 3 is 2.38 bits per heavy atom. The Kier molecular flexibility index (Phi) is 5.14. The average Bonchev–Trinajstić information content (AvgIpc) is 2.86. The molecule has 2 amide bonds. The van der Waals surface area contributed by atoms with Gasteiger partial charge in [0.25, 0.3) is 5.91 Å². The molecule has 0 saturated heterocycles. The fraction of sp³-hybridized carbons (Fsp3) is 0.200. The number of nitrogens with one attached hydrogen (secondary N) is 1. The molecule has 0 aliphatic carbocycles. The molecule has 0 radical (unpaired) electrons. The van der Waals surface area contributed by atoms with Gasteiger partial charge in [-0.15, -0.1) is 0 Å². The number of benzene rings is 1. The average molecular weight is 348 g/mol. The highest BCUT2D eigenvalue weighted by molar-refractivity contribution is 7.10. The summed E-state index contributed by atoms with van der Waals surface area (Å²) in [5.74, 6) is -1.78. The summed E-state index contributed by atoms with van der Waals surface area (Å²) in [6.45, 7) is 3.07. The van der Waals surface area contributed by atoms with Crippen LogP contribution in [0.4, 0.5) is 10.7 Å². The Balaban J connectivity index is 1.99. The lowest BCUT2D eigenvalue weighted by Gasteiger charge is -2.13. The Morgan fingerprint density at radius 1 is 1.25 bits per heavy atom. The number of aryl methyl sites for hydroxylation is 1. The van der Waals surface area contributed by atoms with E-state index in [1.807, 2.05) is 0 Å². The van der Waals surface area contributed by atoms with E-state index in [1.54, 1.807) is 6.92 Å². The van der Waals surface area contributed by atoms with Crippen molar-refractivity contribution in [1.29, 1.82) is 0 Å². The molecule has 0 bridgehead atoms. The molecule has 0 unspecified atom stereocenters. The maximum absolute atomic E-state index is 12.1. The van der Waals surface area contributed by atoms with Crippen molar-refractivity contribution < 1.29 is 19.1 Å². The first-order valence-corrected chi connectivity index (χ1v) is 7.70. The Morgan fingerprint density at radius 2 is 1.88 bits per heavy atom. The molecule has 1 atom stereocenters. The second-order valence-electron chi connectivity index (χ2n) is 4.99. The number of anilines is 2. The Hall–Kier alpha value is -2.94. The van der Waals surface area contributed by atoms with Crippen molar-refractivity contribution >= 4 is 40.0 Å². The van der Waals surface area contributed by atoms with Gasteiger partial charge in [-0.2, -0.15) is 4.37 Å². The van der Waals surface area contributed by atoms with Gasteiger partial charge in [-0.25, -0.2) is 4.79 Å². The maximum atomic E-state index is 12.1. The zero-order valence-electron chi connectivity index (χ0n) is 13.0. The quantitative estimate of drug-likeness (QED) is 0.697. The van der Waals surface area contributed by atoms with E-state index in [4.69, 9.17) is 16.2 Å². The van der Waals surface area contributed by atoms with Crippen LogP contribution in [0.15, 0.2) is 24.3 Å². The van der Waals surface area contributed by atoms with Crippen molar-refractivity contribution in [3.05, 3.63) is 41.1 Å². The van der Waals surface area contributed by atoms with Crippen molar-refractivity contribution in [2.75, 3.05) is 11.1 Å². The molecule has 0 spiro atoms. The summed E-state index contributed by atoms with van der Waals surface area (Å²) in [5, 5.41) is 2.82. The molecule has 126 valence electrons. The fourth-order valence-electron chi connectivity index (χ4n) is 1.87. The SMILES string of the molecule is Cc1nsc(N)c1C(=O)O[C@H](C)C(=O)Nc1ccc(C(N)=O)cc1. The number of esters is 1. The minimum absolute atomic E-state index is 0.172. The molecule has 2 rings (SSSR count). The zero-order chi connectivity index (χ0) is 17.9. The number of carbonyl (C=O) groups is 3. The van der Waals surface area contributed by atoms with Crippen LogP contribution in [0.3, 0.4) is 0 Å². The van der Waals surface area contributed by atoms with E-state index in [-0.39, 0.29) is 10.6 Å². The van der Waals surface area contributed by atoms with Crippen LogP contribution >= 0.6 is 11.5 Å². The number of hydrogen-bond donors (Lipinski definition) is 3. The molecule has 24 heavy (non-hydrogen) atoms. The molecule has 1 aromatic carbocycles. The van der Waals surface area contributed by atoms with Crippen molar-refractivity contribution in [2.45, 2.75) is 20.0 Å². The second-order valence-corrected chi connectivity index (χ2v) is 5.79. The molecule has 2 aromatic rings. The molecule has 5 N–H and O–H groups in total. The summed E-state index contributed by atoms with van der Waals surface area (Å²) in [6, 6.07) is 6.01. The predicted molar refractivity (Wildman–Crippen MR) is 89.7 cm³/mol. The van der Waals surface area contributed by atoms with Crippen LogP contribution in [0.1, 0.15) is 33.3 Å². The van der Waals surface area contributed by atoms with E-state index in [1.165, 1.54) is 31.2 Å². The van der Waals surface area contributed by atoms with Gasteiger partial charge in [0.15, 0.2) is 6.10 Å². The number of ether oxygens (including phenoxy) is 1. The van der Waals surface area contributed by atoms with E-state index in [2.05, 4.69) is 9.69 Å². The van der Waals surface area contributed by atoms with Crippen LogP contribution in [0.25, 0.3) is 0 Å². The Bertz CT molecular complexity index is 766. The van der Waals surface area contributed by atoms with Crippen molar-refractivity contribution in [1.82, 2.24) is 4.37 Å². The third-order valence-electron chi connectivity index (χ3n) is 3.18. The van der Waals surface area contributed by atoms with Gasteiger partial charge in [0.1, 0.15) is 10.6 Å². The first kappa shape index (κ1) is 17.4. The van der Waals surface area contributed by atoms with E-state index in [0.29, 0.717) is 16.9 Å². The largest absolute Gasteiger partial charge is 0.449 e. The van der Waals surface area contributed by atoms with Gasteiger partial charge >= 0.3 is 5.97 Å². The first-order valence-electron chi connectivity index (χ1n) is 6.93. The van der Waals surface area contributed by atoms with Crippen molar-refractivity contribution in [3.8, 4) is 0 Å². The van der Waals surface area contributed by atoms with Crippen molar-refractivity contribution in [2.24, 2.45) is 5.73 Å². The number of hydrogen-bond acceptors (Lipinski definition) is 7. The van der Waals surface area contributed by atoms with Crippen LogP contribution in [0, 0.1) is 6.92 Å². The van der Waals surface area contributed by atoms with Crippen molar-refractivity contribution in [3.63, 3.8) is 0 Å². The number of nitrogens with two attached hydrogens (primary N) is 2. The smallest absolute Gasteiger partial charge is 0.343 e. The molecule has 1 heterocycles. The summed E-state index contributed by atoms with van der Waals surface area (Å²) < 4.78 is 9.07. The number of carbonyl (C=O) groups excluding carboxylic acids is 3. The first-order chi connectivity index (χ1) is 11.3. The molecule has 1 aromatic heterocycles. The lowest BCUT2D eigenvalue weighted by molar-refractivity contribution is -0.123. The van der Waals surface area contributed by atoms with Gasteiger partial charge in [0.2, 0.25) is 5.91 Å². The van der Waals surface area contributed by atoms with Crippen LogP contribution < -0.4 is 16.8 Å². The molecule has 0 fully saturated rings. The highest BCUT2D eigenvalue weighted by atomic mass is 32.1. The summed E-state index contributed by atoms with van der Waals surface area (Å²) in [6.07, 6.45) is -1.04. The number of rotatable bonds is 5. The zero-order valence-corrected chi connectivity index (χ0v) is 13.8. The highest BCUT2D eigenvalue weighted by Crippen LogP contribution is 2.22. The normalized spacial score (nSPS) is 11.6. The fourth-order valence-corrected chi connectivity index (χ4v) is 2.52. The van der Waals surface area contributed by atoms with E-state index < -0.39 is 23.9 Å². The van der Waals surface area contributed by atoms with Crippen LogP contribution in [0.2, 0.25) is 0 Å². The van der Waals surface area contributed by atoms with E-state index >= 15 is 0 Å². The maximum Gasteiger partial charge on any atom is 0.343 e. The minimum Gasteiger partial charge on any atom is -0.449 e. The van der Waals surface area contributed by atoms with E-state index in [9.17, 15) is 14.4 Å². The third-order valence-corrected chi connectivity index (χ3v) is 3.95. The number of nitrogens with zero attached hydrogens (tertiary/aromatic N) is 1. The van der Waals surface area contributed by atoms with Gasteiger partial charge in [0.05, 0.1) is 5.69 Å². The molecular weight excluding hydrogens is 332 g/mol. The van der Waals surface area contributed by atoms with Crippen LogP contribution in [-0.4, -0.2) is 28.3 Å².